The number of methoxy groups -OCH3 is 1. The van der Waals surface area contributed by atoms with Crippen LogP contribution in [0.15, 0.2) is 39.3 Å². The van der Waals surface area contributed by atoms with Gasteiger partial charge in [-0.1, -0.05) is 44.0 Å². The van der Waals surface area contributed by atoms with Crippen molar-refractivity contribution in [1.82, 2.24) is 0 Å². The van der Waals surface area contributed by atoms with E-state index in [9.17, 15) is 4.39 Å². The van der Waals surface area contributed by atoms with Crippen LogP contribution in [0.5, 0.6) is 5.75 Å². The predicted molar refractivity (Wildman–Crippen MR) is 90.3 cm³/mol. The van der Waals surface area contributed by atoms with Gasteiger partial charge in [-0.3, -0.25) is 0 Å². The van der Waals surface area contributed by atoms with E-state index < -0.39 is 0 Å². The Bertz CT molecular complexity index is 643. The molecule has 0 aliphatic carbocycles. The third kappa shape index (κ3) is 3.26. The first-order chi connectivity index (χ1) is 9.43. The van der Waals surface area contributed by atoms with Crippen molar-refractivity contribution in [1.29, 1.82) is 0 Å². The summed E-state index contributed by atoms with van der Waals surface area (Å²) in [5, 5.41) is 0. The minimum absolute atomic E-state index is 0.0775. The first kappa shape index (κ1) is 16.0. The fourth-order valence-corrected chi connectivity index (χ4v) is 3.27. The lowest BCUT2D eigenvalue weighted by Crippen LogP contribution is -1.99. The van der Waals surface area contributed by atoms with E-state index in [1.807, 2.05) is 25.1 Å². The van der Waals surface area contributed by atoms with Crippen LogP contribution < -0.4 is 4.74 Å². The summed E-state index contributed by atoms with van der Waals surface area (Å²) in [5.41, 5.74) is 3.11. The first-order valence-electron chi connectivity index (χ1n) is 5.87. The van der Waals surface area contributed by atoms with Gasteiger partial charge < -0.3 is 4.74 Å². The topological polar surface area (TPSA) is 9.23 Å². The Kier molecular flexibility index (Phi) is 5.26. The van der Waals surface area contributed by atoms with Crippen LogP contribution in [0.25, 0.3) is 0 Å². The van der Waals surface area contributed by atoms with Gasteiger partial charge in [-0.25, -0.2) is 4.39 Å². The van der Waals surface area contributed by atoms with E-state index in [2.05, 4.69) is 47.8 Å². The molecule has 0 bridgehead atoms. The molecule has 0 amide bonds. The Hall–Kier alpha value is -0.390. The zero-order valence-corrected chi connectivity index (χ0v) is 15.6. The number of rotatable bonds is 3. The van der Waals surface area contributed by atoms with E-state index in [1.54, 1.807) is 6.07 Å². The van der Waals surface area contributed by atoms with Gasteiger partial charge in [-0.2, -0.15) is 0 Å². The molecule has 20 heavy (non-hydrogen) atoms. The highest BCUT2D eigenvalue weighted by Crippen LogP contribution is 2.40. The van der Waals surface area contributed by atoms with E-state index in [0.29, 0.717) is 10.2 Å². The number of halogens is 4. The molecule has 5 heteroatoms. The molecule has 106 valence electrons. The SMILES string of the molecule is COc1cc(F)c(Br)cc1C(Br)c1ccc(C)c(Br)c1. The summed E-state index contributed by atoms with van der Waals surface area (Å²) in [6, 6.07) is 9.25. The molecule has 1 nitrogen and oxygen atoms in total. The van der Waals surface area contributed by atoms with Gasteiger partial charge in [-0.05, 0) is 46.1 Å². The second kappa shape index (κ2) is 6.58. The van der Waals surface area contributed by atoms with E-state index in [-0.39, 0.29) is 10.6 Å². The highest BCUT2D eigenvalue weighted by Gasteiger charge is 2.18. The van der Waals surface area contributed by atoms with Crippen molar-refractivity contribution >= 4 is 47.8 Å². The van der Waals surface area contributed by atoms with Crippen LogP contribution in [-0.2, 0) is 0 Å². The van der Waals surface area contributed by atoms with Crippen molar-refractivity contribution in [2.24, 2.45) is 0 Å². The molecule has 0 fully saturated rings. The molecule has 0 saturated carbocycles. The Morgan fingerprint density at radius 1 is 1.10 bits per heavy atom. The third-order valence-electron chi connectivity index (χ3n) is 3.03. The molecular formula is C15H12Br3FO. The molecule has 0 saturated heterocycles. The summed E-state index contributed by atoms with van der Waals surface area (Å²) in [5.74, 6) is 0.180. The molecule has 1 atom stereocenters. The second-order valence-corrected chi connectivity index (χ2v) is 7.00. The van der Waals surface area contributed by atoms with E-state index in [1.165, 1.54) is 18.7 Å². The normalized spacial score (nSPS) is 12.3. The van der Waals surface area contributed by atoms with Crippen molar-refractivity contribution in [3.8, 4) is 5.75 Å². The van der Waals surface area contributed by atoms with E-state index in [4.69, 9.17) is 4.74 Å². The van der Waals surface area contributed by atoms with Crippen LogP contribution in [0.4, 0.5) is 4.39 Å². The Labute approximate surface area is 142 Å². The van der Waals surface area contributed by atoms with Gasteiger partial charge in [0.25, 0.3) is 0 Å². The van der Waals surface area contributed by atoms with Gasteiger partial charge in [0.15, 0.2) is 0 Å². The Morgan fingerprint density at radius 3 is 2.40 bits per heavy atom. The molecule has 0 spiro atoms. The molecule has 0 aliphatic heterocycles. The number of benzene rings is 2. The summed E-state index contributed by atoms with van der Waals surface area (Å²) >= 11 is 10.4. The molecule has 2 rings (SSSR count). The lowest BCUT2D eigenvalue weighted by molar-refractivity contribution is 0.406. The maximum absolute atomic E-state index is 13.6. The zero-order chi connectivity index (χ0) is 14.9. The maximum Gasteiger partial charge on any atom is 0.141 e. The third-order valence-corrected chi connectivity index (χ3v) is 5.52. The van der Waals surface area contributed by atoms with Gasteiger partial charge in [0.05, 0.1) is 16.4 Å². The van der Waals surface area contributed by atoms with E-state index in [0.717, 1.165) is 15.6 Å². The van der Waals surface area contributed by atoms with Gasteiger partial charge in [0.1, 0.15) is 11.6 Å². The number of ether oxygens (including phenoxy) is 1. The molecule has 0 aromatic heterocycles. The van der Waals surface area contributed by atoms with Crippen LogP contribution in [0.1, 0.15) is 21.5 Å². The molecule has 0 aliphatic rings. The fourth-order valence-electron chi connectivity index (χ4n) is 1.87. The second-order valence-electron chi connectivity index (χ2n) is 4.38. The largest absolute Gasteiger partial charge is 0.496 e. The van der Waals surface area contributed by atoms with Crippen LogP contribution in [-0.4, -0.2) is 7.11 Å². The van der Waals surface area contributed by atoms with E-state index >= 15 is 0 Å². The lowest BCUT2D eigenvalue weighted by atomic mass is 10.0. The minimum atomic E-state index is -0.338. The van der Waals surface area contributed by atoms with Crippen molar-refractivity contribution in [2.75, 3.05) is 7.11 Å². The average molecular weight is 467 g/mol. The van der Waals surface area contributed by atoms with Crippen LogP contribution >= 0.6 is 47.8 Å². The quantitative estimate of drug-likeness (QED) is 0.493. The molecule has 1 unspecified atom stereocenters. The molecule has 2 aromatic rings. The standard InChI is InChI=1S/C15H12Br3FO/c1-8-3-4-9(5-11(8)16)15(18)10-6-12(17)13(19)7-14(10)20-2/h3-7,15H,1-2H3. The molecule has 0 N–H and O–H groups in total. The van der Waals surface area contributed by atoms with Gasteiger partial charge in [0.2, 0.25) is 0 Å². The smallest absolute Gasteiger partial charge is 0.141 e. The zero-order valence-electron chi connectivity index (χ0n) is 10.9. The Morgan fingerprint density at radius 2 is 1.80 bits per heavy atom. The van der Waals surface area contributed by atoms with Crippen molar-refractivity contribution in [3.05, 3.63) is 61.8 Å². The van der Waals surface area contributed by atoms with Gasteiger partial charge in [-0.15, -0.1) is 0 Å². The average Bonchev–Trinajstić information content (AvgIpc) is 2.43. The Balaban J connectivity index is 2.49. The minimum Gasteiger partial charge on any atom is -0.496 e. The van der Waals surface area contributed by atoms with Crippen molar-refractivity contribution in [3.63, 3.8) is 0 Å². The highest BCUT2D eigenvalue weighted by molar-refractivity contribution is 9.11. The summed E-state index contributed by atoms with van der Waals surface area (Å²) in [4.78, 5) is -0.0775. The first-order valence-corrected chi connectivity index (χ1v) is 8.37. The van der Waals surface area contributed by atoms with Crippen LogP contribution in [0.3, 0.4) is 0 Å². The molecule has 0 radical (unpaired) electrons. The number of aryl methyl sites for hydroxylation is 1. The number of hydrogen-bond donors (Lipinski definition) is 0. The molecule has 2 aromatic carbocycles. The molecular weight excluding hydrogens is 455 g/mol. The predicted octanol–water partition coefficient (Wildman–Crippen LogP) is 6.15. The summed E-state index contributed by atoms with van der Waals surface area (Å²) in [7, 11) is 1.54. The van der Waals surface area contributed by atoms with Crippen LogP contribution in [0, 0.1) is 12.7 Å². The fraction of sp³-hybridized carbons (Fsp3) is 0.200. The maximum atomic E-state index is 13.6. The van der Waals surface area contributed by atoms with Crippen molar-refractivity contribution < 1.29 is 9.13 Å². The van der Waals surface area contributed by atoms with Crippen LogP contribution in [0.2, 0.25) is 0 Å². The lowest BCUT2D eigenvalue weighted by Gasteiger charge is -2.16. The highest BCUT2D eigenvalue weighted by atomic mass is 79.9. The van der Waals surface area contributed by atoms with Gasteiger partial charge in [0, 0.05) is 16.1 Å². The summed E-state index contributed by atoms with van der Waals surface area (Å²) in [6.45, 7) is 2.03. The summed E-state index contributed by atoms with van der Waals surface area (Å²) < 4.78 is 20.3. The van der Waals surface area contributed by atoms with Gasteiger partial charge >= 0.3 is 0 Å². The number of alkyl halides is 1. The monoisotopic (exact) mass is 464 g/mol. The number of hydrogen-bond acceptors (Lipinski definition) is 1. The van der Waals surface area contributed by atoms with Crippen molar-refractivity contribution in [2.45, 2.75) is 11.8 Å². The molecule has 0 heterocycles. The summed E-state index contributed by atoms with van der Waals surface area (Å²) in [6.07, 6.45) is 0.